The summed E-state index contributed by atoms with van der Waals surface area (Å²) in [6.45, 7) is 5.04. The van der Waals surface area contributed by atoms with Gasteiger partial charge in [-0.25, -0.2) is 15.3 Å². The Morgan fingerprint density at radius 1 is 1.20 bits per heavy atom. The number of benzene rings is 1. The van der Waals surface area contributed by atoms with Gasteiger partial charge in [-0.1, -0.05) is 35.3 Å². The molecule has 3 aromatic rings. The highest BCUT2D eigenvalue weighted by molar-refractivity contribution is 6.41. The third-order valence-electron chi connectivity index (χ3n) is 4.50. The van der Waals surface area contributed by atoms with E-state index in [0.717, 1.165) is 31.1 Å². The van der Waals surface area contributed by atoms with Crippen LogP contribution in [0.25, 0.3) is 11.5 Å². The third kappa shape index (κ3) is 7.44. The van der Waals surface area contributed by atoms with Crippen LogP contribution >= 0.6 is 23.2 Å². The van der Waals surface area contributed by atoms with E-state index in [1.54, 1.807) is 24.4 Å². The number of oxazole rings is 1. The van der Waals surface area contributed by atoms with E-state index in [2.05, 4.69) is 33.3 Å². The Balaban J connectivity index is 0.000000269. The van der Waals surface area contributed by atoms with Crippen LogP contribution in [-0.4, -0.2) is 43.4 Å². The molecule has 158 valence electrons. The van der Waals surface area contributed by atoms with Crippen molar-refractivity contribution < 1.29 is 9.21 Å². The Bertz CT molecular complexity index is 850. The zero-order chi connectivity index (χ0) is 21.8. The van der Waals surface area contributed by atoms with Gasteiger partial charge in [-0.05, 0) is 49.1 Å². The van der Waals surface area contributed by atoms with Crippen molar-refractivity contribution in [3.8, 4) is 11.5 Å². The Kier molecular flexibility index (Phi) is 10.3. The summed E-state index contributed by atoms with van der Waals surface area (Å²) in [5, 5.41) is 5.53. The standard InChI is InChI=1S/C15H19N4O.C6H3Cl2.CH2O/c1-19(10-12-5-7-16-8-6-12)15-4-2-3-13(18-15)14-9-17-11-20-14;7-5-3-1-2-4-6(5)8;1-2/h2-4,9,11-12H,5-8,10H2,1H3;1,3-4H;1H2. The monoisotopic (exact) mass is 446 g/mol. The van der Waals surface area contributed by atoms with E-state index in [4.69, 9.17) is 32.4 Å². The number of rotatable bonds is 4. The molecule has 0 bridgehead atoms. The number of hydrogen-bond acceptors (Lipinski definition) is 5. The van der Waals surface area contributed by atoms with Gasteiger partial charge >= 0.3 is 0 Å². The largest absolute Gasteiger partial charge is 0.442 e. The number of aromatic nitrogens is 2. The summed E-state index contributed by atoms with van der Waals surface area (Å²) in [7, 11) is 2.10. The van der Waals surface area contributed by atoms with E-state index in [9.17, 15) is 0 Å². The highest BCUT2D eigenvalue weighted by Crippen LogP contribution is 2.22. The lowest BCUT2D eigenvalue weighted by Crippen LogP contribution is -2.32. The molecule has 2 radical (unpaired) electrons. The molecular weight excluding hydrogens is 423 g/mol. The maximum atomic E-state index is 8.00. The summed E-state index contributed by atoms with van der Waals surface area (Å²) >= 11 is 11.1. The number of nitrogens with zero attached hydrogens (tertiary/aromatic N) is 4. The van der Waals surface area contributed by atoms with E-state index in [1.807, 2.05) is 25.0 Å². The molecule has 2 aromatic heterocycles. The second-order valence-corrected chi connectivity index (χ2v) is 7.40. The minimum Gasteiger partial charge on any atom is -0.442 e. The second-order valence-electron chi connectivity index (χ2n) is 6.58. The molecule has 1 aromatic carbocycles. The van der Waals surface area contributed by atoms with Gasteiger partial charge in [-0.15, -0.1) is 0 Å². The number of piperidine rings is 1. The highest BCUT2D eigenvalue weighted by atomic mass is 35.5. The van der Waals surface area contributed by atoms with E-state index in [0.29, 0.717) is 21.7 Å². The molecule has 1 saturated heterocycles. The topological polar surface area (TPSA) is 73.3 Å². The van der Waals surface area contributed by atoms with Crippen molar-refractivity contribution in [1.82, 2.24) is 15.3 Å². The number of halogens is 2. The van der Waals surface area contributed by atoms with E-state index >= 15 is 0 Å². The van der Waals surface area contributed by atoms with E-state index in [-0.39, 0.29) is 0 Å². The lowest BCUT2D eigenvalue weighted by molar-refractivity contribution is -0.0979. The summed E-state index contributed by atoms with van der Waals surface area (Å²) in [5.74, 6) is 2.39. The lowest BCUT2D eigenvalue weighted by atomic mass is 9.98. The van der Waals surface area contributed by atoms with E-state index in [1.165, 1.54) is 19.2 Å². The normalized spacial score (nSPS) is 13.4. The molecule has 6 nitrogen and oxygen atoms in total. The van der Waals surface area contributed by atoms with Crippen molar-refractivity contribution in [2.24, 2.45) is 5.92 Å². The summed E-state index contributed by atoms with van der Waals surface area (Å²) < 4.78 is 5.30. The predicted octanol–water partition coefficient (Wildman–Crippen LogP) is 4.80. The quantitative estimate of drug-likeness (QED) is 0.575. The van der Waals surface area contributed by atoms with Gasteiger partial charge in [-0.3, -0.25) is 0 Å². The Morgan fingerprint density at radius 2 is 1.97 bits per heavy atom. The maximum Gasteiger partial charge on any atom is 0.181 e. The van der Waals surface area contributed by atoms with Gasteiger partial charge < -0.3 is 14.1 Å². The first kappa shape index (κ1) is 23.9. The molecule has 1 aliphatic heterocycles. The number of carbonyl (C=O) groups is 1. The molecular formula is C22H24Cl2N4O2. The van der Waals surface area contributed by atoms with Gasteiger partial charge in [0.25, 0.3) is 0 Å². The molecule has 1 aliphatic rings. The molecule has 0 N–H and O–H groups in total. The molecule has 0 saturated carbocycles. The molecule has 4 rings (SSSR count). The van der Waals surface area contributed by atoms with Gasteiger partial charge in [0.05, 0.1) is 16.2 Å². The maximum absolute atomic E-state index is 8.00. The third-order valence-corrected chi connectivity index (χ3v) is 5.24. The molecule has 0 spiro atoms. The van der Waals surface area contributed by atoms with Crippen LogP contribution in [0.1, 0.15) is 12.8 Å². The molecule has 0 aliphatic carbocycles. The minimum atomic E-state index is 0.550. The SMILES string of the molecule is C=O.CN(CC1CC[N]CC1)c1cccc(-c2cnco2)n1.Clc1c[c]ccc1Cl. The number of carbonyl (C=O) groups excluding carboxylic acids is 1. The smallest absolute Gasteiger partial charge is 0.181 e. The zero-order valence-corrected chi connectivity index (χ0v) is 18.3. The van der Waals surface area contributed by atoms with Crippen LogP contribution < -0.4 is 10.2 Å². The van der Waals surface area contributed by atoms with Gasteiger partial charge in [-0.2, -0.15) is 0 Å². The first-order chi connectivity index (χ1) is 14.6. The van der Waals surface area contributed by atoms with Crippen LogP contribution in [0.4, 0.5) is 5.82 Å². The fourth-order valence-corrected chi connectivity index (χ4v) is 3.22. The zero-order valence-electron chi connectivity index (χ0n) is 16.8. The Morgan fingerprint density at radius 3 is 2.57 bits per heavy atom. The van der Waals surface area contributed by atoms with Gasteiger partial charge in [0.1, 0.15) is 18.3 Å². The van der Waals surface area contributed by atoms with Crippen LogP contribution in [0.2, 0.25) is 10.0 Å². The predicted molar refractivity (Wildman–Crippen MR) is 120 cm³/mol. The van der Waals surface area contributed by atoms with Crippen molar-refractivity contribution in [2.75, 3.05) is 31.6 Å². The molecule has 8 heteroatoms. The summed E-state index contributed by atoms with van der Waals surface area (Å²) in [5.41, 5.74) is 0.825. The van der Waals surface area contributed by atoms with E-state index < -0.39 is 0 Å². The highest BCUT2D eigenvalue weighted by Gasteiger charge is 2.17. The Labute approximate surface area is 187 Å². The Hall–Kier alpha value is -2.41. The van der Waals surface area contributed by atoms with Crippen molar-refractivity contribution in [1.29, 1.82) is 0 Å². The van der Waals surface area contributed by atoms with Crippen LogP contribution in [0.15, 0.2) is 53.4 Å². The number of anilines is 1. The van der Waals surface area contributed by atoms with Crippen molar-refractivity contribution in [3.05, 3.63) is 65.1 Å². The fraction of sp³-hybridized carbons (Fsp3) is 0.318. The van der Waals surface area contributed by atoms with Gasteiger partial charge in [0.2, 0.25) is 0 Å². The average Bonchev–Trinajstić information content (AvgIpc) is 3.34. The average molecular weight is 447 g/mol. The summed E-state index contributed by atoms with van der Waals surface area (Å²) in [6, 6.07) is 13.8. The fourth-order valence-electron chi connectivity index (χ4n) is 2.97. The molecule has 0 atom stereocenters. The first-order valence-electron chi connectivity index (χ1n) is 9.44. The molecule has 0 amide bonds. The number of hydrogen-bond donors (Lipinski definition) is 0. The molecule has 1 fully saturated rings. The van der Waals surface area contributed by atoms with Crippen LogP contribution in [0.5, 0.6) is 0 Å². The van der Waals surface area contributed by atoms with Crippen LogP contribution in [0, 0.1) is 12.0 Å². The number of pyridine rings is 1. The van der Waals surface area contributed by atoms with Crippen molar-refractivity contribution >= 4 is 35.8 Å². The molecule has 3 heterocycles. The second kappa shape index (κ2) is 13.0. The lowest BCUT2D eigenvalue weighted by Gasteiger charge is -2.27. The summed E-state index contributed by atoms with van der Waals surface area (Å²) in [6.07, 6.45) is 5.49. The van der Waals surface area contributed by atoms with Crippen molar-refractivity contribution in [3.63, 3.8) is 0 Å². The van der Waals surface area contributed by atoms with Gasteiger partial charge in [0, 0.05) is 26.7 Å². The first-order valence-corrected chi connectivity index (χ1v) is 10.2. The van der Waals surface area contributed by atoms with Crippen LogP contribution in [0.3, 0.4) is 0 Å². The molecule has 30 heavy (non-hydrogen) atoms. The van der Waals surface area contributed by atoms with Gasteiger partial charge in [0.15, 0.2) is 12.2 Å². The van der Waals surface area contributed by atoms with Crippen molar-refractivity contribution in [2.45, 2.75) is 12.8 Å². The molecule has 0 unspecified atom stereocenters. The minimum absolute atomic E-state index is 0.550. The summed E-state index contributed by atoms with van der Waals surface area (Å²) in [4.78, 5) is 18.8. The van der Waals surface area contributed by atoms with Crippen LogP contribution in [-0.2, 0) is 4.79 Å².